The summed E-state index contributed by atoms with van der Waals surface area (Å²) in [6.07, 6.45) is 0. The van der Waals surface area contributed by atoms with Crippen molar-refractivity contribution in [1.82, 2.24) is 0 Å². The molecule has 0 spiro atoms. The number of sulfonamides is 1. The molecule has 0 saturated heterocycles. The van der Waals surface area contributed by atoms with Gasteiger partial charge in [0.15, 0.2) is 11.6 Å². The van der Waals surface area contributed by atoms with Gasteiger partial charge in [0.05, 0.1) is 10.6 Å². The molecule has 2 aromatic carbocycles. The average molecular weight is 326 g/mol. The van der Waals surface area contributed by atoms with Crippen molar-refractivity contribution in [2.75, 3.05) is 10.0 Å². The van der Waals surface area contributed by atoms with Crippen LogP contribution in [0.25, 0.3) is 0 Å². The van der Waals surface area contributed by atoms with Gasteiger partial charge in [0.1, 0.15) is 0 Å². The van der Waals surface area contributed by atoms with Crippen LogP contribution in [0, 0.1) is 11.6 Å². The van der Waals surface area contributed by atoms with Crippen molar-refractivity contribution < 1.29 is 22.0 Å². The van der Waals surface area contributed by atoms with Gasteiger partial charge in [-0.05, 0) is 36.4 Å². The van der Waals surface area contributed by atoms with Crippen molar-refractivity contribution in [1.29, 1.82) is 0 Å². The van der Waals surface area contributed by atoms with Gasteiger partial charge in [-0.15, -0.1) is 0 Å². The summed E-state index contributed by atoms with van der Waals surface area (Å²) in [5, 5.41) is 2.50. The van der Waals surface area contributed by atoms with E-state index in [0.29, 0.717) is 11.8 Å². The minimum Gasteiger partial charge on any atom is -0.326 e. The summed E-state index contributed by atoms with van der Waals surface area (Å²) in [7, 11) is -4.07. The molecule has 5 nitrogen and oxygen atoms in total. The second kappa shape index (κ2) is 6.10. The quantitative estimate of drug-likeness (QED) is 0.907. The molecule has 2 N–H and O–H groups in total. The van der Waals surface area contributed by atoms with Crippen molar-refractivity contribution in [3.8, 4) is 0 Å². The predicted octanol–water partition coefficient (Wildman–Crippen LogP) is 2.72. The molecule has 0 atom stereocenters. The monoisotopic (exact) mass is 326 g/mol. The van der Waals surface area contributed by atoms with Crippen LogP contribution in [0.2, 0.25) is 0 Å². The molecule has 0 aliphatic heterocycles. The van der Waals surface area contributed by atoms with Gasteiger partial charge < -0.3 is 5.32 Å². The smallest absolute Gasteiger partial charge is 0.262 e. The lowest BCUT2D eigenvalue weighted by Crippen LogP contribution is -2.14. The number of amides is 1. The van der Waals surface area contributed by atoms with Gasteiger partial charge in [-0.2, -0.15) is 0 Å². The van der Waals surface area contributed by atoms with Crippen molar-refractivity contribution in [3.63, 3.8) is 0 Å². The zero-order valence-electron chi connectivity index (χ0n) is 11.4. The number of carbonyl (C=O) groups excluding carboxylic acids is 1. The first-order valence-electron chi connectivity index (χ1n) is 6.13. The van der Waals surface area contributed by atoms with Crippen LogP contribution >= 0.6 is 0 Å². The van der Waals surface area contributed by atoms with Gasteiger partial charge in [-0.25, -0.2) is 17.2 Å². The van der Waals surface area contributed by atoms with E-state index in [9.17, 15) is 22.0 Å². The second-order valence-corrected chi connectivity index (χ2v) is 6.13. The van der Waals surface area contributed by atoms with Gasteiger partial charge in [-0.1, -0.05) is 6.07 Å². The Kier molecular flexibility index (Phi) is 4.41. The molecule has 2 rings (SSSR count). The maximum atomic E-state index is 13.1. The van der Waals surface area contributed by atoms with Crippen LogP contribution in [-0.4, -0.2) is 14.3 Å². The van der Waals surface area contributed by atoms with E-state index in [1.54, 1.807) is 6.07 Å². The lowest BCUT2D eigenvalue weighted by atomic mass is 10.3. The Morgan fingerprint density at radius 2 is 1.68 bits per heavy atom. The average Bonchev–Trinajstić information content (AvgIpc) is 2.40. The Morgan fingerprint density at radius 3 is 2.32 bits per heavy atom. The first kappa shape index (κ1) is 15.9. The molecule has 22 heavy (non-hydrogen) atoms. The highest BCUT2D eigenvalue weighted by Gasteiger charge is 2.16. The van der Waals surface area contributed by atoms with E-state index in [1.807, 2.05) is 0 Å². The zero-order valence-corrected chi connectivity index (χ0v) is 12.2. The number of rotatable bonds is 4. The molecule has 0 aliphatic carbocycles. The zero-order chi connectivity index (χ0) is 16.3. The van der Waals surface area contributed by atoms with E-state index < -0.39 is 26.6 Å². The summed E-state index contributed by atoms with van der Waals surface area (Å²) in [6.45, 7) is 1.32. The summed E-state index contributed by atoms with van der Waals surface area (Å²) in [6, 6.07) is 8.26. The van der Waals surface area contributed by atoms with Crippen LogP contribution in [-0.2, 0) is 14.8 Å². The molecule has 0 fully saturated rings. The van der Waals surface area contributed by atoms with Crippen LogP contribution in [0.4, 0.5) is 20.2 Å². The van der Waals surface area contributed by atoms with E-state index in [4.69, 9.17) is 0 Å². The first-order chi connectivity index (χ1) is 10.3. The Bertz CT molecular complexity index is 823. The fraction of sp³-hybridized carbons (Fsp3) is 0.0714. The van der Waals surface area contributed by atoms with Gasteiger partial charge in [0.25, 0.3) is 10.0 Å². The number of hydrogen-bond acceptors (Lipinski definition) is 3. The van der Waals surface area contributed by atoms with E-state index in [-0.39, 0.29) is 11.6 Å². The fourth-order valence-corrected chi connectivity index (χ4v) is 2.78. The molecule has 2 aromatic rings. The lowest BCUT2D eigenvalue weighted by Gasteiger charge is -2.10. The van der Waals surface area contributed by atoms with Crippen LogP contribution < -0.4 is 10.0 Å². The minimum absolute atomic E-state index is 0.177. The summed E-state index contributed by atoms with van der Waals surface area (Å²) >= 11 is 0. The normalized spacial score (nSPS) is 11.0. The van der Waals surface area contributed by atoms with Crippen LogP contribution in [0.1, 0.15) is 6.92 Å². The van der Waals surface area contributed by atoms with E-state index >= 15 is 0 Å². The molecule has 116 valence electrons. The molecular formula is C14H12F2N2O3S. The SMILES string of the molecule is CC(=O)Nc1cccc(NS(=O)(=O)c2ccc(F)c(F)c2)c1. The molecule has 0 saturated carbocycles. The number of anilines is 2. The molecule has 8 heteroatoms. The van der Waals surface area contributed by atoms with Gasteiger partial charge >= 0.3 is 0 Å². The topological polar surface area (TPSA) is 75.3 Å². The highest BCUT2D eigenvalue weighted by Crippen LogP contribution is 2.20. The summed E-state index contributed by atoms with van der Waals surface area (Å²) in [4.78, 5) is 10.6. The van der Waals surface area contributed by atoms with Crippen molar-refractivity contribution >= 4 is 27.3 Å². The first-order valence-corrected chi connectivity index (χ1v) is 7.62. The third kappa shape index (κ3) is 3.79. The Balaban J connectivity index is 2.28. The highest BCUT2D eigenvalue weighted by atomic mass is 32.2. The van der Waals surface area contributed by atoms with Crippen LogP contribution in [0.3, 0.4) is 0 Å². The molecular weight excluding hydrogens is 314 g/mol. The minimum atomic E-state index is -4.07. The molecule has 1 amide bonds. The van der Waals surface area contributed by atoms with Gasteiger partial charge in [0.2, 0.25) is 5.91 Å². The van der Waals surface area contributed by atoms with E-state index in [1.165, 1.54) is 25.1 Å². The number of carbonyl (C=O) groups is 1. The Hall–Kier alpha value is -2.48. The highest BCUT2D eigenvalue weighted by molar-refractivity contribution is 7.92. The van der Waals surface area contributed by atoms with Crippen LogP contribution in [0.15, 0.2) is 47.4 Å². The molecule has 0 aliphatic rings. The summed E-state index contributed by atoms with van der Waals surface area (Å²) in [5.41, 5.74) is 0.578. The van der Waals surface area contributed by atoms with E-state index in [0.717, 1.165) is 12.1 Å². The number of halogens is 2. The Morgan fingerprint density at radius 1 is 1.00 bits per heavy atom. The van der Waals surface area contributed by atoms with Crippen molar-refractivity contribution in [3.05, 3.63) is 54.1 Å². The predicted molar refractivity (Wildman–Crippen MR) is 77.9 cm³/mol. The number of benzene rings is 2. The molecule has 0 aromatic heterocycles. The number of nitrogens with one attached hydrogen (secondary N) is 2. The molecule has 0 radical (unpaired) electrons. The number of hydrogen-bond donors (Lipinski definition) is 2. The van der Waals surface area contributed by atoms with Gasteiger partial charge in [-0.3, -0.25) is 9.52 Å². The lowest BCUT2D eigenvalue weighted by molar-refractivity contribution is -0.114. The second-order valence-electron chi connectivity index (χ2n) is 4.44. The maximum Gasteiger partial charge on any atom is 0.262 e. The molecule has 0 heterocycles. The largest absolute Gasteiger partial charge is 0.326 e. The van der Waals surface area contributed by atoms with Gasteiger partial charge in [0, 0.05) is 12.6 Å². The standard InChI is InChI=1S/C14H12F2N2O3S/c1-9(19)17-10-3-2-4-11(7-10)18-22(20,21)12-5-6-13(15)14(16)8-12/h2-8,18H,1H3,(H,17,19). The fourth-order valence-electron chi connectivity index (χ4n) is 1.72. The van der Waals surface area contributed by atoms with Crippen LogP contribution in [0.5, 0.6) is 0 Å². The summed E-state index contributed by atoms with van der Waals surface area (Å²) < 4.78 is 52.4. The summed E-state index contributed by atoms with van der Waals surface area (Å²) in [5.74, 6) is -2.69. The van der Waals surface area contributed by atoms with Crippen molar-refractivity contribution in [2.24, 2.45) is 0 Å². The third-order valence-electron chi connectivity index (χ3n) is 2.64. The van der Waals surface area contributed by atoms with Crippen molar-refractivity contribution in [2.45, 2.75) is 11.8 Å². The Labute approximate surface area is 126 Å². The maximum absolute atomic E-state index is 13.1. The van der Waals surface area contributed by atoms with E-state index in [2.05, 4.69) is 10.0 Å². The molecule has 0 unspecified atom stereocenters. The molecule has 0 bridgehead atoms. The third-order valence-corrected chi connectivity index (χ3v) is 4.02.